The molecule has 1 aromatic carbocycles. The smallest absolute Gasteiger partial charge is 0.240 e. The van der Waals surface area contributed by atoms with Gasteiger partial charge in [0, 0.05) is 5.69 Å². The van der Waals surface area contributed by atoms with Crippen molar-refractivity contribution in [3.8, 4) is 0 Å². The Morgan fingerprint density at radius 3 is 2.47 bits per heavy atom. The third kappa shape index (κ3) is 3.52. The number of aryl methyl sites for hydroxylation is 1. The third-order valence-electron chi connectivity index (χ3n) is 2.18. The zero-order valence-electron chi connectivity index (χ0n) is 9.60. The number of hydrogen-bond donors (Lipinski definition) is 3. The molecule has 0 saturated heterocycles. The topological polar surface area (TPSA) is 115 Å². The zero-order chi connectivity index (χ0) is 13.2. The normalized spacial score (nSPS) is 13.2. The van der Waals surface area contributed by atoms with Crippen LogP contribution >= 0.6 is 0 Å². The first-order valence-electron chi connectivity index (χ1n) is 4.91. The molecular formula is C10H15N3O3S. The lowest BCUT2D eigenvalue weighted by molar-refractivity contribution is -0.117. The van der Waals surface area contributed by atoms with Gasteiger partial charge in [-0.2, -0.15) is 0 Å². The molecule has 0 fully saturated rings. The third-order valence-corrected chi connectivity index (χ3v) is 3.23. The predicted octanol–water partition coefficient (Wildman–Crippen LogP) is -0.0719. The highest BCUT2D eigenvalue weighted by Crippen LogP contribution is 2.18. The number of carbonyl (C=O) groups is 1. The maximum Gasteiger partial charge on any atom is 0.240 e. The van der Waals surface area contributed by atoms with E-state index in [0.717, 1.165) is 0 Å². The molecule has 7 heteroatoms. The van der Waals surface area contributed by atoms with Crippen LogP contribution in [-0.2, 0) is 14.8 Å². The fourth-order valence-corrected chi connectivity index (χ4v) is 2.05. The summed E-state index contributed by atoms with van der Waals surface area (Å²) in [6, 6.07) is 3.79. The van der Waals surface area contributed by atoms with Crippen molar-refractivity contribution in [2.24, 2.45) is 10.9 Å². The van der Waals surface area contributed by atoms with Gasteiger partial charge in [0.25, 0.3) is 0 Å². The summed E-state index contributed by atoms with van der Waals surface area (Å²) < 4.78 is 22.5. The molecule has 0 radical (unpaired) electrons. The average Bonchev–Trinajstić information content (AvgIpc) is 2.19. The largest absolute Gasteiger partial charge is 0.325 e. The minimum Gasteiger partial charge on any atom is -0.325 e. The summed E-state index contributed by atoms with van der Waals surface area (Å²) in [5.74, 6) is -0.394. The summed E-state index contributed by atoms with van der Waals surface area (Å²) in [5, 5.41) is 7.55. The first-order valence-corrected chi connectivity index (χ1v) is 6.46. The summed E-state index contributed by atoms with van der Waals surface area (Å²) in [4.78, 5) is 11.3. The number of sulfonamides is 1. The summed E-state index contributed by atoms with van der Waals surface area (Å²) in [7, 11) is -3.79. The number of amides is 1. The van der Waals surface area contributed by atoms with Crippen LogP contribution in [0, 0.1) is 6.92 Å². The van der Waals surface area contributed by atoms with E-state index in [2.05, 4.69) is 5.32 Å². The number of benzene rings is 1. The van der Waals surface area contributed by atoms with Crippen LogP contribution in [0.2, 0.25) is 0 Å². The summed E-state index contributed by atoms with van der Waals surface area (Å²) in [6.45, 7) is 3.15. The Kier molecular flexibility index (Phi) is 3.87. The quantitative estimate of drug-likeness (QED) is 0.702. The minimum absolute atomic E-state index is 0.0139. The molecule has 1 rings (SSSR count). The highest BCUT2D eigenvalue weighted by molar-refractivity contribution is 7.89. The molecule has 0 aliphatic carbocycles. The molecule has 0 saturated carbocycles. The van der Waals surface area contributed by atoms with E-state index in [1.165, 1.54) is 13.0 Å². The van der Waals surface area contributed by atoms with E-state index >= 15 is 0 Å². The lowest BCUT2D eigenvalue weighted by atomic mass is 10.2. The summed E-state index contributed by atoms with van der Waals surface area (Å²) in [5.41, 5.74) is 6.25. The SMILES string of the molecule is Cc1ccc(NC(=O)[C@H](C)N)cc1S(N)(=O)=O. The Morgan fingerprint density at radius 2 is 2.00 bits per heavy atom. The average molecular weight is 257 g/mol. The molecule has 5 N–H and O–H groups in total. The highest BCUT2D eigenvalue weighted by Gasteiger charge is 2.14. The van der Waals surface area contributed by atoms with Crippen molar-refractivity contribution in [3.63, 3.8) is 0 Å². The van der Waals surface area contributed by atoms with Crippen molar-refractivity contribution in [2.45, 2.75) is 24.8 Å². The standard InChI is InChI=1S/C10H15N3O3S/c1-6-3-4-8(13-10(14)7(2)11)5-9(6)17(12,15)16/h3-5,7H,11H2,1-2H3,(H,13,14)(H2,12,15,16)/t7-/m0/s1. The molecule has 0 aliphatic heterocycles. The highest BCUT2D eigenvalue weighted by atomic mass is 32.2. The first-order chi connectivity index (χ1) is 7.71. The van der Waals surface area contributed by atoms with E-state index in [-0.39, 0.29) is 4.90 Å². The van der Waals surface area contributed by atoms with Gasteiger partial charge >= 0.3 is 0 Å². The molecule has 6 nitrogen and oxygen atoms in total. The number of anilines is 1. The Bertz CT molecular complexity index is 538. The van der Waals surface area contributed by atoms with Gasteiger partial charge in [0.1, 0.15) is 0 Å². The van der Waals surface area contributed by atoms with Gasteiger partial charge in [-0.3, -0.25) is 4.79 Å². The Balaban J connectivity index is 3.10. The predicted molar refractivity (Wildman–Crippen MR) is 64.8 cm³/mol. The van der Waals surface area contributed by atoms with Gasteiger partial charge in [0.05, 0.1) is 10.9 Å². The van der Waals surface area contributed by atoms with Gasteiger partial charge in [0.2, 0.25) is 15.9 Å². The number of hydrogen-bond acceptors (Lipinski definition) is 4. The molecular weight excluding hydrogens is 242 g/mol. The van der Waals surface area contributed by atoms with E-state index in [9.17, 15) is 13.2 Å². The van der Waals surface area contributed by atoms with Gasteiger partial charge in [-0.25, -0.2) is 13.6 Å². The van der Waals surface area contributed by atoms with Crippen LogP contribution in [0.3, 0.4) is 0 Å². The van der Waals surface area contributed by atoms with Gasteiger partial charge in [-0.05, 0) is 31.5 Å². The number of rotatable bonds is 3. The van der Waals surface area contributed by atoms with Gasteiger partial charge < -0.3 is 11.1 Å². The zero-order valence-corrected chi connectivity index (χ0v) is 10.4. The molecule has 0 bridgehead atoms. The minimum atomic E-state index is -3.79. The van der Waals surface area contributed by atoms with Crippen LogP contribution in [0.15, 0.2) is 23.1 Å². The van der Waals surface area contributed by atoms with Gasteiger partial charge in [0.15, 0.2) is 0 Å². The summed E-state index contributed by atoms with van der Waals surface area (Å²) >= 11 is 0. The molecule has 17 heavy (non-hydrogen) atoms. The van der Waals surface area contributed by atoms with E-state index in [0.29, 0.717) is 11.3 Å². The molecule has 0 aromatic heterocycles. The maximum atomic E-state index is 11.3. The Hall–Kier alpha value is -1.44. The van der Waals surface area contributed by atoms with Crippen molar-refractivity contribution >= 4 is 21.6 Å². The van der Waals surface area contributed by atoms with Crippen molar-refractivity contribution in [3.05, 3.63) is 23.8 Å². The van der Waals surface area contributed by atoms with Crippen molar-refractivity contribution in [1.29, 1.82) is 0 Å². The van der Waals surface area contributed by atoms with Gasteiger partial charge in [-0.15, -0.1) is 0 Å². The number of nitrogens with one attached hydrogen (secondary N) is 1. The maximum absolute atomic E-state index is 11.3. The Labute approximate surface area is 100 Å². The van der Waals surface area contributed by atoms with E-state index in [4.69, 9.17) is 10.9 Å². The lowest BCUT2D eigenvalue weighted by Crippen LogP contribution is -2.32. The number of nitrogens with two attached hydrogens (primary N) is 2. The molecule has 1 amide bonds. The number of primary sulfonamides is 1. The molecule has 94 valence electrons. The molecule has 0 spiro atoms. The fraction of sp³-hybridized carbons (Fsp3) is 0.300. The molecule has 1 atom stereocenters. The van der Waals surface area contributed by atoms with Crippen LogP contribution in [0.25, 0.3) is 0 Å². The lowest BCUT2D eigenvalue weighted by Gasteiger charge is -2.10. The van der Waals surface area contributed by atoms with Crippen LogP contribution in [0.4, 0.5) is 5.69 Å². The van der Waals surface area contributed by atoms with E-state index in [1.54, 1.807) is 19.1 Å². The van der Waals surface area contributed by atoms with E-state index in [1.807, 2.05) is 0 Å². The van der Waals surface area contributed by atoms with E-state index < -0.39 is 22.0 Å². The summed E-state index contributed by atoms with van der Waals surface area (Å²) in [6.07, 6.45) is 0. The van der Waals surface area contributed by atoms with Crippen LogP contribution < -0.4 is 16.2 Å². The Morgan fingerprint density at radius 1 is 1.41 bits per heavy atom. The second-order valence-corrected chi connectivity index (χ2v) is 5.33. The molecule has 0 heterocycles. The second kappa shape index (κ2) is 4.82. The van der Waals surface area contributed by atoms with Crippen LogP contribution in [0.1, 0.15) is 12.5 Å². The molecule has 1 aromatic rings. The van der Waals surface area contributed by atoms with Gasteiger partial charge in [-0.1, -0.05) is 6.07 Å². The van der Waals surface area contributed by atoms with Crippen LogP contribution in [-0.4, -0.2) is 20.4 Å². The van der Waals surface area contributed by atoms with Crippen molar-refractivity contribution in [1.82, 2.24) is 0 Å². The van der Waals surface area contributed by atoms with Crippen molar-refractivity contribution < 1.29 is 13.2 Å². The first kappa shape index (κ1) is 13.6. The molecule has 0 unspecified atom stereocenters. The fourth-order valence-electron chi connectivity index (χ4n) is 1.24. The van der Waals surface area contributed by atoms with Crippen molar-refractivity contribution in [2.75, 3.05) is 5.32 Å². The van der Waals surface area contributed by atoms with Crippen LogP contribution in [0.5, 0.6) is 0 Å². The monoisotopic (exact) mass is 257 g/mol. The molecule has 0 aliphatic rings. The number of carbonyl (C=O) groups excluding carboxylic acids is 1. The second-order valence-electron chi connectivity index (χ2n) is 3.80.